The van der Waals surface area contributed by atoms with Crippen LogP contribution in [0.2, 0.25) is 0 Å². The van der Waals surface area contributed by atoms with Crippen LogP contribution in [0.4, 0.5) is 4.79 Å². The van der Waals surface area contributed by atoms with Gasteiger partial charge in [-0.25, -0.2) is 9.59 Å². The molecule has 6 heteroatoms. The Morgan fingerprint density at radius 3 is 2.72 bits per heavy atom. The van der Waals surface area contributed by atoms with Crippen LogP contribution >= 0.6 is 0 Å². The first-order valence-electron chi connectivity index (χ1n) is 5.46. The Bertz CT molecular complexity index is 434. The minimum absolute atomic E-state index is 0.0988. The maximum atomic E-state index is 11.5. The number of carboxylic acid groups (broad SMARTS) is 1. The zero-order chi connectivity index (χ0) is 13.5. The van der Waals surface area contributed by atoms with Gasteiger partial charge in [0.15, 0.2) is 0 Å². The number of aliphatic hydroxyl groups is 1. The minimum atomic E-state index is -0.999. The monoisotopic (exact) mass is 252 g/mol. The van der Waals surface area contributed by atoms with E-state index in [0.717, 1.165) is 0 Å². The van der Waals surface area contributed by atoms with Crippen molar-refractivity contribution < 1.29 is 19.8 Å². The van der Waals surface area contributed by atoms with Crippen LogP contribution < -0.4 is 5.32 Å². The van der Waals surface area contributed by atoms with E-state index < -0.39 is 5.97 Å². The zero-order valence-corrected chi connectivity index (χ0v) is 10.1. The lowest BCUT2D eigenvalue weighted by atomic mass is 10.1. The molecule has 98 valence electrons. The Labute approximate surface area is 105 Å². The highest BCUT2D eigenvalue weighted by Crippen LogP contribution is 2.05. The number of carbonyl (C=O) groups is 2. The second-order valence-corrected chi connectivity index (χ2v) is 3.81. The summed E-state index contributed by atoms with van der Waals surface area (Å²) < 4.78 is 0. The number of hydrogen-bond donors (Lipinski definition) is 3. The molecule has 1 aromatic rings. The van der Waals surface area contributed by atoms with Crippen molar-refractivity contribution in [3.05, 3.63) is 35.4 Å². The summed E-state index contributed by atoms with van der Waals surface area (Å²) in [7, 11) is 1.57. The fourth-order valence-electron chi connectivity index (χ4n) is 1.38. The molecule has 0 heterocycles. The molecule has 0 aromatic heterocycles. The lowest BCUT2D eigenvalue weighted by molar-refractivity contribution is 0.0696. The van der Waals surface area contributed by atoms with Gasteiger partial charge in [-0.3, -0.25) is 0 Å². The molecule has 18 heavy (non-hydrogen) atoms. The molecule has 0 radical (unpaired) electrons. The molecule has 0 aliphatic heterocycles. The second kappa shape index (κ2) is 6.61. The highest BCUT2D eigenvalue weighted by molar-refractivity contribution is 5.87. The number of rotatable bonds is 5. The number of nitrogens with one attached hydrogen (secondary N) is 1. The number of benzene rings is 1. The van der Waals surface area contributed by atoms with Crippen LogP contribution in [-0.4, -0.2) is 47.3 Å². The summed E-state index contributed by atoms with van der Waals surface area (Å²) >= 11 is 0. The SMILES string of the molecule is CN(CCO)C(=O)NCc1cccc(C(=O)O)c1. The van der Waals surface area contributed by atoms with Gasteiger partial charge in [0.1, 0.15) is 0 Å². The van der Waals surface area contributed by atoms with E-state index in [1.807, 2.05) is 0 Å². The molecule has 0 saturated heterocycles. The van der Waals surface area contributed by atoms with E-state index in [4.69, 9.17) is 10.2 Å². The maximum Gasteiger partial charge on any atom is 0.335 e. The van der Waals surface area contributed by atoms with Crippen molar-refractivity contribution in [2.75, 3.05) is 20.2 Å². The van der Waals surface area contributed by atoms with Gasteiger partial charge in [-0.2, -0.15) is 0 Å². The molecular formula is C12H16N2O4. The standard InChI is InChI=1S/C12H16N2O4/c1-14(5-6-15)12(18)13-8-9-3-2-4-10(7-9)11(16)17/h2-4,7,15H,5-6,8H2,1H3,(H,13,18)(H,16,17). The third kappa shape index (κ3) is 4.06. The van der Waals surface area contributed by atoms with Gasteiger partial charge in [0.05, 0.1) is 12.2 Å². The number of amides is 2. The zero-order valence-electron chi connectivity index (χ0n) is 10.1. The summed E-state index contributed by atoms with van der Waals surface area (Å²) in [6.07, 6.45) is 0. The van der Waals surface area contributed by atoms with Crippen LogP contribution in [0.15, 0.2) is 24.3 Å². The van der Waals surface area contributed by atoms with E-state index in [9.17, 15) is 9.59 Å². The normalized spacial score (nSPS) is 9.89. The Morgan fingerprint density at radius 2 is 2.11 bits per heavy atom. The van der Waals surface area contributed by atoms with E-state index in [0.29, 0.717) is 5.56 Å². The lowest BCUT2D eigenvalue weighted by Gasteiger charge is -2.16. The van der Waals surface area contributed by atoms with E-state index in [2.05, 4.69) is 5.32 Å². The summed E-state index contributed by atoms with van der Waals surface area (Å²) in [6, 6.07) is 6.05. The second-order valence-electron chi connectivity index (χ2n) is 3.81. The largest absolute Gasteiger partial charge is 0.478 e. The van der Waals surface area contributed by atoms with Crippen molar-refractivity contribution in [3.8, 4) is 0 Å². The summed E-state index contributed by atoms with van der Waals surface area (Å²) in [5.41, 5.74) is 0.895. The summed E-state index contributed by atoms with van der Waals surface area (Å²) in [5, 5.41) is 20.1. The first-order chi connectivity index (χ1) is 8.54. The van der Waals surface area contributed by atoms with Crippen LogP contribution in [-0.2, 0) is 6.54 Å². The molecule has 0 bridgehead atoms. The Morgan fingerprint density at radius 1 is 1.39 bits per heavy atom. The van der Waals surface area contributed by atoms with Crippen molar-refractivity contribution in [1.82, 2.24) is 10.2 Å². The van der Waals surface area contributed by atoms with Crippen LogP contribution in [0, 0.1) is 0 Å². The van der Waals surface area contributed by atoms with E-state index in [1.54, 1.807) is 19.2 Å². The molecule has 2 amide bonds. The lowest BCUT2D eigenvalue weighted by Crippen LogP contribution is -2.38. The fraction of sp³-hybridized carbons (Fsp3) is 0.333. The van der Waals surface area contributed by atoms with Crippen molar-refractivity contribution in [2.45, 2.75) is 6.54 Å². The van der Waals surface area contributed by atoms with Crippen molar-refractivity contribution in [1.29, 1.82) is 0 Å². The predicted octanol–water partition coefficient (Wildman–Crippen LogP) is 0.518. The number of aromatic carboxylic acids is 1. The van der Waals surface area contributed by atoms with Crippen LogP contribution in [0.25, 0.3) is 0 Å². The van der Waals surface area contributed by atoms with Gasteiger partial charge in [0.25, 0.3) is 0 Å². The number of urea groups is 1. The number of hydrogen-bond acceptors (Lipinski definition) is 3. The van der Waals surface area contributed by atoms with Gasteiger partial charge in [0, 0.05) is 20.1 Å². The quantitative estimate of drug-likeness (QED) is 0.712. The Kier molecular flexibility index (Phi) is 5.13. The molecule has 0 atom stereocenters. The molecule has 0 fully saturated rings. The Balaban J connectivity index is 2.55. The number of carbonyl (C=O) groups excluding carboxylic acids is 1. The smallest absolute Gasteiger partial charge is 0.335 e. The maximum absolute atomic E-state index is 11.5. The third-order valence-corrected chi connectivity index (χ3v) is 2.40. The van der Waals surface area contributed by atoms with Gasteiger partial charge in [0.2, 0.25) is 0 Å². The Hall–Kier alpha value is -2.08. The molecule has 0 aliphatic rings. The highest BCUT2D eigenvalue weighted by Gasteiger charge is 2.08. The average molecular weight is 252 g/mol. The van der Waals surface area contributed by atoms with Crippen molar-refractivity contribution >= 4 is 12.0 Å². The van der Waals surface area contributed by atoms with Gasteiger partial charge < -0.3 is 20.4 Å². The highest BCUT2D eigenvalue weighted by atomic mass is 16.4. The number of aliphatic hydroxyl groups excluding tert-OH is 1. The number of carboxylic acids is 1. The van der Waals surface area contributed by atoms with Gasteiger partial charge in [-0.05, 0) is 17.7 Å². The van der Waals surface area contributed by atoms with Gasteiger partial charge in [-0.15, -0.1) is 0 Å². The minimum Gasteiger partial charge on any atom is -0.478 e. The van der Waals surface area contributed by atoms with E-state index in [-0.39, 0.29) is 31.3 Å². The molecule has 1 aromatic carbocycles. The van der Waals surface area contributed by atoms with Crippen molar-refractivity contribution in [3.63, 3.8) is 0 Å². The first-order valence-corrected chi connectivity index (χ1v) is 5.46. The van der Waals surface area contributed by atoms with Crippen LogP contribution in [0.5, 0.6) is 0 Å². The molecule has 0 spiro atoms. The molecule has 0 aliphatic carbocycles. The average Bonchev–Trinajstić information content (AvgIpc) is 2.36. The van der Waals surface area contributed by atoms with Gasteiger partial charge >= 0.3 is 12.0 Å². The predicted molar refractivity (Wildman–Crippen MR) is 65.4 cm³/mol. The van der Waals surface area contributed by atoms with Crippen LogP contribution in [0.1, 0.15) is 15.9 Å². The molecule has 6 nitrogen and oxygen atoms in total. The van der Waals surface area contributed by atoms with E-state index >= 15 is 0 Å². The number of likely N-dealkylation sites (N-methyl/N-ethyl adjacent to an activating group) is 1. The fourth-order valence-corrected chi connectivity index (χ4v) is 1.38. The third-order valence-electron chi connectivity index (χ3n) is 2.40. The summed E-state index contributed by atoms with van der Waals surface area (Å²) in [5.74, 6) is -0.999. The van der Waals surface area contributed by atoms with Gasteiger partial charge in [-0.1, -0.05) is 12.1 Å². The van der Waals surface area contributed by atoms with Crippen molar-refractivity contribution in [2.24, 2.45) is 0 Å². The first kappa shape index (κ1) is 14.0. The topological polar surface area (TPSA) is 89.9 Å². The summed E-state index contributed by atoms with van der Waals surface area (Å²) in [4.78, 5) is 23.6. The molecule has 0 saturated carbocycles. The summed E-state index contributed by atoms with van der Waals surface area (Å²) in [6.45, 7) is 0.398. The molecular weight excluding hydrogens is 236 g/mol. The number of nitrogens with zero attached hydrogens (tertiary/aromatic N) is 1. The molecule has 1 rings (SSSR count). The molecule has 0 unspecified atom stereocenters. The van der Waals surface area contributed by atoms with Crippen LogP contribution in [0.3, 0.4) is 0 Å². The van der Waals surface area contributed by atoms with E-state index in [1.165, 1.54) is 17.0 Å². The molecule has 3 N–H and O–H groups in total.